The lowest BCUT2D eigenvalue weighted by Gasteiger charge is -2.49. The molecule has 3 aliphatic rings. The Morgan fingerprint density at radius 2 is 1.58 bits per heavy atom. The van der Waals surface area contributed by atoms with E-state index in [1.54, 1.807) is 34.8 Å². The van der Waals surface area contributed by atoms with E-state index in [0.29, 0.717) is 13.0 Å². The van der Waals surface area contributed by atoms with Gasteiger partial charge in [-0.05, 0) is 92.8 Å². The summed E-state index contributed by atoms with van der Waals surface area (Å²) in [6.07, 6.45) is -4.67. The molecule has 0 spiro atoms. The number of methoxy groups -OCH3 is 2. The Morgan fingerprint density at radius 3 is 2.13 bits per heavy atom. The molecule has 0 aliphatic carbocycles. The molecule has 3 aliphatic heterocycles. The predicted molar refractivity (Wildman–Crippen MR) is 196 cm³/mol. The second kappa shape index (κ2) is 18.1. The minimum absolute atomic E-state index is 0.0385. The first-order valence-electron chi connectivity index (χ1n) is 19.3. The largest absolute Gasteiger partial charge is 0.459 e. The van der Waals surface area contributed by atoms with Crippen LogP contribution in [0.4, 0.5) is 0 Å². The van der Waals surface area contributed by atoms with Crippen molar-refractivity contribution in [3.63, 3.8) is 0 Å². The molecule has 52 heavy (non-hydrogen) atoms. The Labute approximate surface area is 313 Å². The molecule has 3 saturated heterocycles. The molecule has 0 aromatic carbocycles. The highest BCUT2D eigenvalue weighted by atomic mass is 16.7. The van der Waals surface area contributed by atoms with E-state index < -0.39 is 89.7 Å². The van der Waals surface area contributed by atoms with Crippen molar-refractivity contribution in [1.82, 2.24) is 10.2 Å². The van der Waals surface area contributed by atoms with Gasteiger partial charge in [0, 0.05) is 38.6 Å². The molecule has 15 unspecified atom stereocenters. The number of ketones is 1. The lowest BCUT2D eigenvalue weighted by molar-refractivity contribution is -0.303. The molecule has 0 saturated carbocycles. The lowest BCUT2D eigenvalue weighted by Crippen LogP contribution is -2.59. The first-order valence-corrected chi connectivity index (χ1v) is 19.3. The van der Waals surface area contributed by atoms with Crippen molar-refractivity contribution in [2.45, 2.75) is 180 Å². The molecular formula is C39H72N2O11. The van der Waals surface area contributed by atoms with Gasteiger partial charge in [0.05, 0.1) is 24.2 Å². The van der Waals surface area contributed by atoms with Crippen molar-refractivity contribution in [3.8, 4) is 0 Å². The van der Waals surface area contributed by atoms with Gasteiger partial charge in [0.2, 0.25) is 0 Å². The van der Waals surface area contributed by atoms with E-state index in [4.69, 9.17) is 33.2 Å². The van der Waals surface area contributed by atoms with Crippen molar-refractivity contribution in [2.75, 3.05) is 34.9 Å². The van der Waals surface area contributed by atoms with Gasteiger partial charge in [-0.2, -0.15) is 0 Å². The summed E-state index contributed by atoms with van der Waals surface area (Å²) < 4.78 is 44.4. The van der Waals surface area contributed by atoms with Crippen molar-refractivity contribution in [3.05, 3.63) is 0 Å². The Balaban J connectivity index is 2.17. The molecule has 0 bridgehead atoms. The normalized spacial score (nSPS) is 46.0. The van der Waals surface area contributed by atoms with Crippen LogP contribution in [0, 0.1) is 23.2 Å². The lowest BCUT2D eigenvalue weighted by atomic mass is 9.71. The predicted octanol–water partition coefficient (Wildman–Crippen LogP) is 3.70. The number of nitrogens with one attached hydrogen (secondary N) is 1. The van der Waals surface area contributed by atoms with Crippen LogP contribution in [-0.2, 0) is 42.7 Å². The number of hydrogen-bond donors (Lipinski definition) is 3. The quantitative estimate of drug-likeness (QED) is 0.310. The first-order chi connectivity index (χ1) is 24.0. The summed E-state index contributed by atoms with van der Waals surface area (Å²) in [7, 11) is 7.21. The molecule has 16 atom stereocenters. The van der Waals surface area contributed by atoms with E-state index >= 15 is 0 Å². The van der Waals surface area contributed by atoms with Gasteiger partial charge in [-0.15, -0.1) is 0 Å². The molecule has 304 valence electrons. The van der Waals surface area contributed by atoms with Crippen molar-refractivity contribution < 1.29 is 53.0 Å². The number of esters is 1. The summed E-state index contributed by atoms with van der Waals surface area (Å²) in [5, 5.41) is 26.4. The fourth-order valence-electron chi connectivity index (χ4n) is 8.84. The van der Waals surface area contributed by atoms with Crippen molar-refractivity contribution >= 4 is 11.8 Å². The third kappa shape index (κ3) is 10.1. The zero-order valence-corrected chi connectivity index (χ0v) is 34.6. The van der Waals surface area contributed by atoms with Crippen LogP contribution < -0.4 is 5.32 Å². The Morgan fingerprint density at radius 1 is 0.942 bits per heavy atom. The number of Topliss-reactive ketones (excluding diaryl/α,β-unsaturated/α-hetero) is 1. The van der Waals surface area contributed by atoms with Gasteiger partial charge in [-0.1, -0.05) is 34.6 Å². The van der Waals surface area contributed by atoms with E-state index in [2.05, 4.69) is 31.0 Å². The van der Waals surface area contributed by atoms with Crippen LogP contribution in [-0.4, -0.2) is 140 Å². The molecule has 0 aromatic heterocycles. The van der Waals surface area contributed by atoms with Crippen LogP contribution in [0.2, 0.25) is 0 Å². The number of hydrogen-bond acceptors (Lipinski definition) is 13. The number of rotatable bonds is 8. The number of nitrogens with zero attached hydrogens (tertiary/aromatic N) is 1. The maximum atomic E-state index is 14.2. The number of likely N-dealkylation sites (N-methyl/N-ethyl adjacent to an activating group) is 1. The van der Waals surface area contributed by atoms with Gasteiger partial charge in [-0.3, -0.25) is 9.59 Å². The molecule has 13 nitrogen and oxygen atoms in total. The number of aliphatic hydroxyl groups excluding tert-OH is 1. The summed E-state index contributed by atoms with van der Waals surface area (Å²) in [5.74, 6) is -2.02. The zero-order valence-electron chi connectivity index (χ0n) is 34.6. The Kier molecular flexibility index (Phi) is 15.7. The number of aliphatic hydroxyl groups is 2. The number of ether oxygens (including phenoxy) is 7. The Hall–Kier alpha value is -1.26. The Bertz CT molecular complexity index is 1170. The maximum absolute atomic E-state index is 14.2. The molecule has 13 heteroatoms. The van der Waals surface area contributed by atoms with Crippen LogP contribution in [0.3, 0.4) is 0 Å². The van der Waals surface area contributed by atoms with E-state index in [9.17, 15) is 19.8 Å². The molecular weight excluding hydrogens is 672 g/mol. The van der Waals surface area contributed by atoms with E-state index in [1.165, 1.54) is 14.0 Å². The third-order valence-electron chi connectivity index (χ3n) is 12.0. The van der Waals surface area contributed by atoms with Crippen molar-refractivity contribution in [2.24, 2.45) is 23.2 Å². The number of carbonyl (C=O) groups excluding carboxylic acids is 2. The second-order valence-corrected chi connectivity index (χ2v) is 17.3. The van der Waals surface area contributed by atoms with Gasteiger partial charge >= 0.3 is 5.97 Å². The fraction of sp³-hybridized carbons (Fsp3) is 0.949. The minimum atomic E-state index is -1.75. The van der Waals surface area contributed by atoms with Gasteiger partial charge in [0.15, 0.2) is 18.4 Å². The molecule has 3 N–H and O–H groups in total. The minimum Gasteiger partial charge on any atom is -0.459 e. The van der Waals surface area contributed by atoms with E-state index in [-0.39, 0.29) is 36.7 Å². The maximum Gasteiger partial charge on any atom is 0.311 e. The highest BCUT2D eigenvalue weighted by Crippen LogP contribution is 2.42. The van der Waals surface area contributed by atoms with Gasteiger partial charge in [0.1, 0.15) is 35.6 Å². The summed E-state index contributed by atoms with van der Waals surface area (Å²) in [4.78, 5) is 29.5. The smallest absolute Gasteiger partial charge is 0.311 e. The van der Waals surface area contributed by atoms with Crippen LogP contribution >= 0.6 is 0 Å². The topological polar surface area (TPSA) is 154 Å². The summed E-state index contributed by atoms with van der Waals surface area (Å²) in [6.45, 7) is 21.3. The van der Waals surface area contributed by atoms with Gasteiger partial charge in [-0.25, -0.2) is 0 Å². The molecule has 0 amide bonds. The van der Waals surface area contributed by atoms with E-state index in [0.717, 1.165) is 6.42 Å². The highest BCUT2D eigenvalue weighted by Gasteiger charge is 2.52. The van der Waals surface area contributed by atoms with Gasteiger partial charge < -0.3 is 53.6 Å². The molecule has 3 fully saturated rings. The van der Waals surface area contributed by atoms with Gasteiger partial charge in [0.25, 0.3) is 0 Å². The number of carbonyl (C=O) groups is 2. The van der Waals surface area contributed by atoms with Crippen LogP contribution in [0.25, 0.3) is 0 Å². The molecule has 0 aromatic rings. The zero-order chi connectivity index (χ0) is 39.5. The standard InChI is InChI=1S/C39H72N2O11/c1-16-28-39(11,45)32(42)25(6)40-20-21(2)18-37(8,9)34(52-36-31(46-14)27(41(12)13)17-22(3)48-36)23(4)30(24(5)35(44)50-28)51-29-19-38(10,47-15)33(43)26(7)49-29/h21-32,34,36,40,42,45H,16-20H2,1-15H3/t21?,22?,23?,24?,25?,26?,27?,28-,29?,30?,31?,32?,34?,36?,38?,39?/m1/s1. The van der Waals surface area contributed by atoms with Crippen LogP contribution in [0.15, 0.2) is 0 Å². The average molecular weight is 745 g/mol. The fourth-order valence-corrected chi connectivity index (χ4v) is 8.84. The van der Waals surface area contributed by atoms with E-state index in [1.807, 2.05) is 34.9 Å². The summed E-state index contributed by atoms with van der Waals surface area (Å²) in [5.41, 5.74) is -3.41. The summed E-state index contributed by atoms with van der Waals surface area (Å²) in [6, 6.07) is -0.458. The summed E-state index contributed by atoms with van der Waals surface area (Å²) >= 11 is 0. The monoisotopic (exact) mass is 745 g/mol. The van der Waals surface area contributed by atoms with Crippen LogP contribution in [0.1, 0.15) is 102 Å². The molecule has 3 rings (SSSR count). The number of cyclic esters (lactones) is 1. The SMILES string of the molecule is CC[C@H]1OC(=O)C(C)C(OC2CC(C)(OC)C(=O)C(C)O2)C(C)C(OC2OC(C)CC(N(C)C)C2OC)C(C)(C)CC(C)CNC(C)C(O)C1(C)O. The average Bonchev–Trinajstić information content (AvgIpc) is 3.07. The van der Waals surface area contributed by atoms with Crippen molar-refractivity contribution in [1.29, 1.82) is 0 Å². The molecule has 0 radical (unpaired) electrons. The second-order valence-electron chi connectivity index (χ2n) is 17.3. The third-order valence-corrected chi connectivity index (χ3v) is 12.0. The first kappa shape index (κ1) is 45.1. The van der Waals surface area contributed by atoms with Crippen LogP contribution in [0.5, 0.6) is 0 Å². The highest BCUT2D eigenvalue weighted by molar-refractivity contribution is 5.91. The molecule has 3 heterocycles.